The van der Waals surface area contributed by atoms with E-state index in [1.165, 1.54) is 20.4 Å². The van der Waals surface area contributed by atoms with Crippen LogP contribution in [0.3, 0.4) is 0 Å². The van der Waals surface area contributed by atoms with Crippen LogP contribution in [-0.4, -0.2) is 30.5 Å². The molecule has 0 bridgehead atoms. The third-order valence-electron chi connectivity index (χ3n) is 1.37. The molecule has 0 spiro atoms. The number of rotatable bonds is 2. The summed E-state index contributed by atoms with van der Waals surface area (Å²) in [6.07, 6.45) is 1.92. The van der Waals surface area contributed by atoms with E-state index in [0.29, 0.717) is 11.8 Å². The summed E-state index contributed by atoms with van der Waals surface area (Å²) < 4.78 is 9.73. The predicted octanol–water partition coefficient (Wildman–Crippen LogP) is 0.0442. The van der Waals surface area contributed by atoms with Gasteiger partial charge in [0.1, 0.15) is 5.56 Å². The van der Waals surface area contributed by atoms with Gasteiger partial charge in [0.05, 0.1) is 20.4 Å². The Morgan fingerprint density at radius 1 is 1.43 bits per heavy atom. The summed E-state index contributed by atoms with van der Waals surface area (Å²) in [5.74, 6) is 5.07. The molecule has 0 amide bonds. The van der Waals surface area contributed by atoms with Gasteiger partial charge >= 0.3 is 6.01 Å². The minimum atomic E-state index is 0.193. The summed E-state index contributed by atoms with van der Waals surface area (Å²) in [6, 6.07) is 0.193. The summed E-state index contributed by atoms with van der Waals surface area (Å²) in [7, 11) is 2.90. The van der Waals surface area contributed by atoms with Gasteiger partial charge in [-0.2, -0.15) is 4.98 Å². The van der Waals surface area contributed by atoms with E-state index in [1.807, 2.05) is 0 Å². The van der Waals surface area contributed by atoms with Gasteiger partial charge in [-0.1, -0.05) is 5.92 Å². The van der Waals surface area contributed by atoms with Crippen LogP contribution < -0.4 is 9.47 Å². The fourth-order valence-corrected chi connectivity index (χ4v) is 0.798. The molecule has 0 aliphatic heterocycles. The van der Waals surface area contributed by atoms with E-state index < -0.39 is 0 Å². The van der Waals surface area contributed by atoms with Crippen LogP contribution >= 0.6 is 0 Å². The van der Waals surface area contributed by atoms with Gasteiger partial charge in [0.15, 0.2) is 6.29 Å². The number of aromatic nitrogens is 2. The molecule has 0 aromatic carbocycles. The molecule has 72 valence electrons. The van der Waals surface area contributed by atoms with Crippen molar-refractivity contribution in [2.24, 2.45) is 0 Å². The van der Waals surface area contributed by atoms with Crippen LogP contribution in [0.15, 0.2) is 6.20 Å². The molecule has 14 heavy (non-hydrogen) atoms. The van der Waals surface area contributed by atoms with Crippen molar-refractivity contribution in [2.75, 3.05) is 14.2 Å². The highest BCUT2D eigenvalue weighted by Crippen LogP contribution is 2.15. The second-order valence-corrected chi connectivity index (χ2v) is 2.17. The zero-order valence-corrected chi connectivity index (χ0v) is 7.77. The predicted molar refractivity (Wildman–Crippen MR) is 48.1 cm³/mol. The lowest BCUT2D eigenvalue weighted by atomic mass is 10.3. The van der Waals surface area contributed by atoms with E-state index in [2.05, 4.69) is 21.8 Å². The standard InChI is InChI=1S/C9H8N2O3/c1-13-8-7(4-3-5-12)6-10-9(11-8)14-2/h5-6H,1-2H3. The maximum Gasteiger partial charge on any atom is 0.319 e. The Kier molecular flexibility index (Phi) is 3.44. The number of aldehydes is 1. The zero-order valence-electron chi connectivity index (χ0n) is 7.77. The smallest absolute Gasteiger partial charge is 0.319 e. The third-order valence-corrected chi connectivity index (χ3v) is 1.37. The molecule has 1 rings (SSSR count). The maximum atomic E-state index is 10.0. The average Bonchev–Trinajstić information content (AvgIpc) is 2.26. The number of carbonyl (C=O) groups is 1. The molecule has 0 atom stereocenters. The zero-order chi connectivity index (χ0) is 10.4. The number of ether oxygens (including phenoxy) is 2. The fourth-order valence-electron chi connectivity index (χ4n) is 0.798. The van der Waals surface area contributed by atoms with Crippen LogP contribution in [0.25, 0.3) is 0 Å². The first-order valence-electron chi connectivity index (χ1n) is 3.72. The van der Waals surface area contributed by atoms with Gasteiger partial charge in [-0.3, -0.25) is 4.79 Å². The second-order valence-electron chi connectivity index (χ2n) is 2.17. The fraction of sp³-hybridized carbons (Fsp3) is 0.222. The summed E-state index contributed by atoms with van der Waals surface area (Å²) in [5, 5.41) is 0. The normalized spacial score (nSPS) is 8.43. The number of nitrogens with zero attached hydrogens (tertiary/aromatic N) is 2. The van der Waals surface area contributed by atoms with Gasteiger partial charge in [0.25, 0.3) is 0 Å². The van der Waals surface area contributed by atoms with Crippen molar-refractivity contribution < 1.29 is 14.3 Å². The summed E-state index contributed by atoms with van der Waals surface area (Å²) >= 11 is 0. The van der Waals surface area contributed by atoms with Crippen molar-refractivity contribution in [2.45, 2.75) is 0 Å². The van der Waals surface area contributed by atoms with E-state index in [1.54, 1.807) is 0 Å². The van der Waals surface area contributed by atoms with Crippen LogP contribution in [0.1, 0.15) is 5.56 Å². The number of hydrogen-bond acceptors (Lipinski definition) is 5. The van der Waals surface area contributed by atoms with Gasteiger partial charge < -0.3 is 9.47 Å². The average molecular weight is 192 g/mol. The molecule has 0 saturated heterocycles. The van der Waals surface area contributed by atoms with Crippen LogP contribution in [-0.2, 0) is 4.79 Å². The Morgan fingerprint density at radius 3 is 2.79 bits per heavy atom. The summed E-state index contributed by atoms with van der Waals surface area (Å²) in [6.45, 7) is 0. The van der Waals surface area contributed by atoms with Crippen molar-refractivity contribution in [1.29, 1.82) is 0 Å². The van der Waals surface area contributed by atoms with E-state index in [4.69, 9.17) is 9.47 Å². The Bertz CT molecular complexity index is 393. The topological polar surface area (TPSA) is 61.3 Å². The number of methoxy groups -OCH3 is 2. The lowest BCUT2D eigenvalue weighted by Crippen LogP contribution is -1.97. The van der Waals surface area contributed by atoms with E-state index in [0.717, 1.165) is 0 Å². The summed E-state index contributed by atoms with van der Waals surface area (Å²) in [5.41, 5.74) is 0.445. The summed E-state index contributed by atoms with van der Waals surface area (Å²) in [4.78, 5) is 17.7. The Balaban J connectivity index is 3.11. The van der Waals surface area contributed by atoms with Crippen LogP contribution in [0.4, 0.5) is 0 Å². The lowest BCUT2D eigenvalue weighted by Gasteiger charge is -2.02. The molecule has 0 radical (unpaired) electrons. The highest BCUT2D eigenvalue weighted by molar-refractivity contribution is 5.74. The van der Waals surface area contributed by atoms with Gasteiger partial charge in [-0.15, -0.1) is 0 Å². The van der Waals surface area contributed by atoms with Crippen molar-refractivity contribution in [3.63, 3.8) is 0 Å². The molecule has 0 N–H and O–H groups in total. The first kappa shape index (κ1) is 9.99. The SMILES string of the molecule is COc1ncc(C#CC=O)c(OC)n1. The largest absolute Gasteiger partial charge is 0.480 e. The Labute approximate surface area is 81.1 Å². The molecule has 0 saturated carbocycles. The van der Waals surface area contributed by atoms with Gasteiger partial charge in [-0.05, 0) is 5.92 Å². The van der Waals surface area contributed by atoms with Crippen molar-refractivity contribution >= 4 is 6.29 Å². The molecule has 0 unspecified atom stereocenters. The van der Waals surface area contributed by atoms with Gasteiger partial charge in [0.2, 0.25) is 5.88 Å². The van der Waals surface area contributed by atoms with Crippen molar-refractivity contribution in [3.8, 4) is 23.7 Å². The monoisotopic (exact) mass is 192 g/mol. The quantitative estimate of drug-likeness (QED) is 0.489. The first-order valence-corrected chi connectivity index (χ1v) is 3.72. The molecule has 0 fully saturated rings. The maximum absolute atomic E-state index is 10.0. The molecule has 1 aromatic heterocycles. The highest BCUT2D eigenvalue weighted by Gasteiger charge is 2.04. The van der Waals surface area contributed by atoms with Gasteiger partial charge in [0, 0.05) is 0 Å². The third kappa shape index (κ3) is 2.20. The Morgan fingerprint density at radius 2 is 2.21 bits per heavy atom. The molecule has 5 heteroatoms. The van der Waals surface area contributed by atoms with Crippen molar-refractivity contribution in [3.05, 3.63) is 11.8 Å². The molecular weight excluding hydrogens is 184 g/mol. The minimum Gasteiger partial charge on any atom is -0.480 e. The van der Waals surface area contributed by atoms with Gasteiger partial charge in [-0.25, -0.2) is 4.98 Å². The number of carbonyl (C=O) groups excluding carboxylic acids is 1. The Hall–Kier alpha value is -2.09. The lowest BCUT2D eigenvalue weighted by molar-refractivity contribution is -0.103. The molecule has 0 aliphatic rings. The van der Waals surface area contributed by atoms with E-state index in [9.17, 15) is 4.79 Å². The number of hydrogen-bond donors (Lipinski definition) is 0. The molecule has 1 heterocycles. The van der Waals surface area contributed by atoms with Crippen LogP contribution in [0.2, 0.25) is 0 Å². The molecule has 0 aliphatic carbocycles. The molecular formula is C9H8N2O3. The van der Waals surface area contributed by atoms with E-state index in [-0.39, 0.29) is 11.9 Å². The van der Waals surface area contributed by atoms with E-state index >= 15 is 0 Å². The highest BCUT2D eigenvalue weighted by atomic mass is 16.5. The first-order chi connectivity index (χ1) is 6.81. The van der Waals surface area contributed by atoms with Crippen LogP contribution in [0.5, 0.6) is 11.9 Å². The van der Waals surface area contributed by atoms with Crippen LogP contribution in [0, 0.1) is 11.8 Å². The molecule has 1 aromatic rings. The second kappa shape index (κ2) is 4.82. The molecule has 5 nitrogen and oxygen atoms in total. The van der Waals surface area contributed by atoms with Crippen molar-refractivity contribution in [1.82, 2.24) is 9.97 Å². The minimum absolute atomic E-state index is 0.193.